The summed E-state index contributed by atoms with van der Waals surface area (Å²) in [4.78, 5) is 15.5. The number of nitrogens with zero attached hydrogens (tertiary/aromatic N) is 1. The predicted molar refractivity (Wildman–Crippen MR) is 63.5 cm³/mol. The van der Waals surface area contributed by atoms with E-state index in [2.05, 4.69) is 4.98 Å². The molecule has 1 aromatic rings. The molecule has 0 amide bonds. The summed E-state index contributed by atoms with van der Waals surface area (Å²) in [6.45, 7) is 3.34. The summed E-state index contributed by atoms with van der Waals surface area (Å²) in [5.41, 5.74) is 0.618. The van der Waals surface area contributed by atoms with Crippen molar-refractivity contribution >= 4 is 29.1 Å². The molecule has 0 aromatic carbocycles. The summed E-state index contributed by atoms with van der Waals surface area (Å²) in [6, 6.07) is 0. The number of thiazole rings is 1. The average molecular weight is 259 g/mol. The lowest BCUT2D eigenvalue weighted by Gasteiger charge is -2.19. The molecule has 6 heteroatoms. The van der Waals surface area contributed by atoms with Gasteiger partial charge in [-0.1, -0.05) is 11.8 Å². The number of ether oxygens (including phenoxy) is 1. The highest BCUT2D eigenvalue weighted by atomic mass is 32.2. The number of carbonyl (C=O) groups is 1. The van der Waals surface area contributed by atoms with Gasteiger partial charge in [0.15, 0.2) is 4.34 Å². The number of aromatic carboxylic acids is 1. The molecule has 0 atom stereocenters. The standard InChI is InChI=1S/C10H13NO3S2/c1-6-8(9(12)13)16-10(11-6)15-7-2-4-14-5-3-7/h7H,2-5H2,1H3,(H,12,13). The molecule has 1 aliphatic heterocycles. The van der Waals surface area contributed by atoms with Gasteiger partial charge in [-0.05, 0) is 19.8 Å². The summed E-state index contributed by atoms with van der Waals surface area (Å²) in [5.74, 6) is -0.881. The SMILES string of the molecule is Cc1nc(SC2CCOCC2)sc1C(=O)O. The minimum absolute atomic E-state index is 0.356. The van der Waals surface area contributed by atoms with Crippen LogP contribution in [0.3, 0.4) is 0 Å². The van der Waals surface area contributed by atoms with E-state index in [1.165, 1.54) is 11.3 Å². The van der Waals surface area contributed by atoms with Crippen molar-refractivity contribution in [2.45, 2.75) is 29.4 Å². The molecule has 88 valence electrons. The molecule has 0 aliphatic carbocycles. The molecule has 1 saturated heterocycles. The van der Waals surface area contributed by atoms with Crippen LogP contribution in [0.25, 0.3) is 0 Å². The monoisotopic (exact) mass is 259 g/mol. The Labute approximate surface area is 102 Å². The zero-order valence-electron chi connectivity index (χ0n) is 8.93. The molecule has 1 fully saturated rings. The van der Waals surface area contributed by atoms with E-state index < -0.39 is 5.97 Å². The first-order valence-electron chi connectivity index (χ1n) is 5.12. The quantitative estimate of drug-likeness (QED) is 0.903. The van der Waals surface area contributed by atoms with Gasteiger partial charge >= 0.3 is 5.97 Å². The largest absolute Gasteiger partial charge is 0.477 e. The van der Waals surface area contributed by atoms with Crippen LogP contribution in [-0.2, 0) is 4.74 Å². The number of aryl methyl sites for hydroxylation is 1. The third-order valence-corrected chi connectivity index (χ3v) is 4.98. The van der Waals surface area contributed by atoms with Crippen LogP contribution >= 0.6 is 23.1 Å². The summed E-state index contributed by atoms with van der Waals surface area (Å²) in [6.07, 6.45) is 2.04. The van der Waals surface area contributed by atoms with Crippen LogP contribution in [0.2, 0.25) is 0 Å². The topological polar surface area (TPSA) is 59.4 Å². The van der Waals surface area contributed by atoms with Crippen LogP contribution in [0, 0.1) is 6.92 Å². The van der Waals surface area contributed by atoms with E-state index in [1.807, 2.05) is 0 Å². The second kappa shape index (κ2) is 5.16. The van der Waals surface area contributed by atoms with Crippen molar-refractivity contribution < 1.29 is 14.6 Å². The minimum Gasteiger partial charge on any atom is -0.477 e. The highest BCUT2D eigenvalue weighted by Gasteiger charge is 2.19. The van der Waals surface area contributed by atoms with Crippen LogP contribution in [0.15, 0.2) is 4.34 Å². The first kappa shape index (κ1) is 11.9. The van der Waals surface area contributed by atoms with Crippen LogP contribution in [0.1, 0.15) is 28.2 Å². The number of aromatic nitrogens is 1. The van der Waals surface area contributed by atoms with Crippen molar-refractivity contribution in [1.82, 2.24) is 4.98 Å². The third-order valence-electron chi connectivity index (χ3n) is 2.41. The van der Waals surface area contributed by atoms with E-state index in [0.717, 1.165) is 30.4 Å². The molecule has 16 heavy (non-hydrogen) atoms. The number of carboxylic acids is 1. The maximum absolute atomic E-state index is 10.9. The zero-order valence-corrected chi connectivity index (χ0v) is 10.6. The highest BCUT2D eigenvalue weighted by molar-refractivity contribution is 8.01. The molecule has 1 N–H and O–H groups in total. The minimum atomic E-state index is -0.881. The Morgan fingerprint density at radius 1 is 1.56 bits per heavy atom. The molecule has 4 nitrogen and oxygen atoms in total. The van der Waals surface area contributed by atoms with Gasteiger partial charge in [-0.15, -0.1) is 11.3 Å². The molecule has 1 aliphatic rings. The number of carboxylic acid groups (broad SMARTS) is 1. The maximum atomic E-state index is 10.9. The van der Waals surface area contributed by atoms with Crippen molar-refractivity contribution in [3.05, 3.63) is 10.6 Å². The van der Waals surface area contributed by atoms with E-state index in [0.29, 0.717) is 15.8 Å². The van der Waals surface area contributed by atoms with Crippen LogP contribution in [0.4, 0.5) is 0 Å². The van der Waals surface area contributed by atoms with E-state index in [4.69, 9.17) is 9.84 Å². The van der Waals surface area contributed by atoms with Crippen LogP contribution in [-0.4, -0.2) is 34.5 Å². The Bertz CT molecular complexity index is 385. The van der Waals surface area contributed by atoms with Gasteiger partial charge in [-0.25, -0.2) is 9.78 Å². The number of rotatable bonds is 3. The first-order chi connectivity index (χ1) is 7.66. The number of hydrogen-bond acceptors (Lipinski definition) is 5. The second-order valence-corrected chi connectivity index (χ2v) is 6.18. The lowest BCUT2D eigenvalue weighted by Crippen LogP contribution is -2.17. The van der Waals surface area contributed by atoms with E-state index in [1.54, 1.807) is 18.7 Å². The third kappa shape index (κ3) is 2.75. The lowest BCUT2D eigenvalue weighted by molar-refractivity contribution is 0.0701. The van der Waals surface area contributed by atoms with Crippen molar-refractivity contribution in [3.8, 4) is 0 Å². The Morgan fingerprint density at radius 2 is 2.25 bits per heavy atom. The predicted octanol–water partition coefficient (Wildman–Crippen LogP) is 2.42. The molecule has 0 radical (unpaired) electrons. The molecule has 1 aromatic heterocycles. The Hall–Kier alpha value is -0.590. The maximum Gasteiger partial charge on any atom is 0.347 e. The van der Waals surface area contributed by atoms with Gasteiger partial charge in [-0.3, -0.25) is 0 Å². The summed E-state index contributed by atoms with van der Waals surface area (Å²) >= 11 is 2.95. The van der Waals surface area contributed by atoms with Gasteiger partial charge in [0, 0.05) is 18.5 Å². The Balaban J connectivity index is 2.03. The molecule has 2 heterocycles. The van der Waals surface area contributed by atoms with E-state index in [-0.39, 0.29) is 0 Å². The van der Waals surface area contributed by atoms with Gasteiger partial charge in [-0.2, -0.15) is 0 Å². The number of hydrogen-bond donors (Lipinski definition) is 1. The normalized spacial score (nSPS) is 17.6. The molecule has 2 rings (SSSR count). The average Bonchev–Trinajstić information content (AvgIpc) is 2.61. The van der Waals surface area contributed by atoms with Crippen molar-refractivity contribution in [2.75, 3.05) is 13.2 Å². The van der Waals surface area contributed by atoms with Crippen molar-refractivity contribution in [1.29, 1.82) is 0 Å². The van der Waals surface area contributed by atoms with Gasteiger partial charge in [0.25, 0.3) is 0 Å². The smallest absolute Gasteiger partial charge is 0.347 e. The molecule has 0 unspecified atom stereocenters. The Morgan fingerprint density at radius 3 is 2.81 bits per heavy atom. The van der Waals surface area contributed by atoms with Gasteiger partial charge < -0.3 is 9.84 Å². The van der Waals surface area contributed by atoms with Crippen molar-refractivity contribution in [3.63, 3.8) is 0 Å². The van der Waals surface area contributed by atoms with E-state index >= 15 is 0 Å². The molecular formula is C10H13NO3S2. The fourth-order valence-electron chi connectivity index (χ4n) is 1.56. The first-order valence-corrected chi connectivity index (χ1v) is 6.81. The van der Waals surface area contributed by atoms with E-state index in [9.17, 15) is 4.79 Å². The highest BCUT2D eigenvalue weighted by Crippen LogP contribution is 2.33. The van der Waals surface area contributed by atoms with Crippen molar-refractivity contribution in [2.24, 2.45) is 0 Å². The molecule has 0 spiro atoms. The molecule has 0 bridgehead atoms. The van der Waals surface area contributed by atoms with Gasteiger partial charge in [0.2, 0.25) is 0 Å². The molecular weight excluding hydrogens is 246 g/mol. The lowest BCUT2D eigenvalue weighted by atomic mass is 10.2. The fraction of sp³-hybridized carbons (Fsp3) is 0.600. The summed E-state index contributed by atoms with van der Waals surface area (Å²) in [7, 11) is 0. The summed E-state index contributed by atoms with van der Waals surface area (Å²) in [5, 5.41) is 9.44. The fourth-order valence-corrected chi connectivity index (χ4v) is 3.95. The van der Waals surface area contributed by atoms with Gasteiger partial charge in [0.05, 0.1) is 5.69 Å². The van der Waals surface area contributed by atoms with Crippen LogP contribution < -0.4 is 0 Å². The van der Waals surface area contributed by atoms with Gasteiger partial charge in [0.1, 0.15) is 4.88 Å². The summed E-state index contributed by atoms with van der Waals surface area (Å²) < 4.78 is 6.14. The zero-order chi connectivity index (χ0) is 11.5. The second-order valence-electron chi connectivity index (χ2n) is 3.63. The van der Waals surface area contributed by atoms with Crippen LogP contribution in [0.5, 0.6) is 0 Å². The number of thioether (sulfide) groups is 1. The Kier molecular flexibility index (Phi) is 3.83. The molecule has 0 saturated carbocycles.